The van der Waals surface area contributed by atoms with E-state index in [9.17, 15) is 4.79 Å². The Bertz CT molecular complexity index is 1760. The Labute approximate surface area is 261 Å². The van der Waals surface area contributed by atoms with E-state index in [1.807, 2.05) is 91.0 Å². The number of nitrogens with one attached hydrogen (secondary N) is 2. The number of aromatic nitrogens is 2. The molecule has 2 atom stereocenters. The fourth-order valence-electron chi connectivity index (χ4n) is 5.62. The van der Waals surface area contributed by atoms with Crippen molar-refractivity contribution in [3.63, 3.8) is 0 Å². The number of benzene rings is 3. The second kappa shape index (κ2) is 12.3. The number of amides is 1. The number of thiocarbonyl (C=S) groups is 1. The maximum absolute atomic E-state index is 12.5. The highest BCUT2D eigenvalue weighted by Gasteiger charge is 2.42. The second-order valence-corrected chi connectivity index (χ2v) is 11.2. The van der Waals surface area contributed by atoms with E-state index in [2.05, 4.69) is 51.1 Å². The van der Waals surface area contributed by atoms with Gasteiger partial charge in [0.1, 0.15) is 5.75 Å². The van der Waals surface area contributed by atoms with Crippen LogP contribution in [0.1, 0.15) is 34.7 Å². The molecule has 7 nitrogen and oxygen atoms in total. The molecule has 2 N–H and O–H groups in total. The summed E-state index contributed by atoms with van der Waals surface area (Å²) in [6.45, 7) is 4.13. The fraction of sp³-hybridized carbons (Fsp3) is 0.147. The Morgan fingerprint density at radius 3 is 2.44 bits per heavy atom. The van der Waals surface area contributed by atoms with Crippen LogP contribution in [0.5, 0.6) is 5.75 Å². The molecule has 0 aliphatic carbocycles. The van der Waals surface area contributed by atoms with E-state index >= 15 is 0 Å². The molecule has 1 saturated heterocycles. The minimum atomic E-state index is -0.239. The largest absolute Gasteiger partial charge is 0.484 e. The number of carbonyl (C=O) groups is 1. The number of nitrogens with zero attached hydrogens (tertiary/aromatic N) is 3. The molecule has 1 fully saturated rings. The first-order valence-electron chi connectivity index (χ1n) is 13.9. The third kappa shape index (κ3) is 5.98. The number of hydrogen-bond acceptors (Lipinski definition) is 4. The van der Waals surface area contributed by atoms with Gasteiger partial charge >= 0.3 is 0 Å². The summed E-state index contributed by atoms with van der Waals surface area (Å²) in [5.74, 6) is 0.405. The van der Waals surface area contributed by atoms with Gasteiger partial charge in [0, 0.05) is 39.7 Å². The van der Waals surface area contributed by atoms with Crippen molar-refractivity contribution in [1.82, 2.24) is 14.9 Å². The van der Waals surface area contributed by atoms with Crippen molar-refractivity contribution in [2.45, 2.75) is 25.9 Å². The van der Waals surface area contributed by atoms with E-state index < -0.39 is 0 Å². The van der Waals surface area contributed by atoms with Crippen molar-refractivity contribution >= 4 is 46.2 Å². The zero-order valence-corrected chi connectivity index (χ0v) is 25.3. The van der Waals surface area contributed by atoms with Crippen LogP contribution in [0.4, 0.5) is 11.4 Å². The minimum absolute atomic E-state index is 0.0814. The predicted octanol–water partition coefficient (Wildman–Crippen LogP) is 7.34. The maximum Gasteiger partial charge on any atom is 0.262 e. The first kappa shape index (κ1) is 28.5. The molecule has 1 amide bonds. The van der Waals surface area contributed by atoms with Crippen LogP contribution < -0.4 is 20.3 Å². The van der Waals surface area contributed by atoms with Crippen molar-refractivity contribution in [3.8, 4) is 11.4 Å². The van der Waals surface area contributed by atoms with Crippen molar-refractivity contribution < 1.29 is 9.53 Å². The zero-order chi connectivity index (χ0) is 29.9. The molecule has 5 aromatic rings. The van der Waals surface area contributed by atoms with Crippen molar-refractivity contribution in [3.05, 3.63) is 137 Å². The van der Waals surface area contributed by atoms with Crippen LogP contribution in [0.25, 0.3) is 5.69 Å². The number of pyridine rings is 1. The smallest absolute Gasteiger partial charge is 0.262 e. The van der Waals surface area contributed by atoms with E-state index in [0.29, 0.717) is 21.6 Å². The summed E-state index contributed by atoms with van der Waals surface area (Å²) in [5.41, 5.74) is 6.75. The molecule has 9 heteroatoms. The van der Waals surface area contributed by atoms with Crippen LogP contribution >= 0.6 is 23.8 Å². The molecule has 0 spiro atoms. The van der Waals surface area contributed by atoms with Gasteiger partial charge in [-0.15, -0.1) is 0 Å². The lowest BCUT2D eigenvalue weighted by molar-refractivity contribution is -0.118. The van der Waals surface area contributed by atoms with Gasteiger partial charge in [0.2, 0.25) is 0 Å². The molecular weight excluding hydrogens is 578 g/mol. The number of halogens is 1. The van der Waals surface area contributed by atoms with Gasteiger partial charge in [0.15, 0.2) is 11.7 Å². The molecule has 0 radical (unpaired) electrons. The van der Waals surface area contributed by atoms with Gasteiger partial charge in [-0.2, -0.15) is 0 Å². The molecule has 3 aromatic carbocycles. The molecule has 0 unspecified atom stereocenters. The number of hydrogen-bond donors (Lipinski definition) is 2. The number of aryl methyl sites for hydroxylation is 1. The standard InChI is InChI=1S/C34H30ClN5O2S/c1-22-19-29(23(2)39(22)27-10-8-9-24(35)20-27)33-32(30-13-6-7-18-36-30)38-34(43)40(33)26-16-14-25(15-17-26)37-31(41)21-42-28-11-4-3-5-12-28/h3-20,32-33H,21H2,1-2H3,(H,37,41)(H,38,43)/t32-,33-/m1/s1. The molecule has 3 heterocycles. The molecule has 43 heavy (non-hydrogen) atoms. The van der Waals surface area contributed by atoms with E-state index in [-0.39, 0.29) is 24.6 Å². The van der Waals surface area contributed by atoms with Crippen molar-refractivity contribution in [1.29, 1.82) is 0 Å². The minimum Gasteiger partial charge on any atom is -0.484 e. The molecule has 0 bridgehead atoms. The van der Waals surface area contributed by atoms with Gasteiger partial charge in [0.25, 0.3) is 5.91 Å². The highest BCUT2D eigenvalue weighted by atomic mass is 35.5. The zero-order valence-electron chi connectivity index (χ0n) is 23.7. The normalized spacial score (nSPS) is 16.2. The Morgan fingerprint density at radius 2 is 1.72 bits per heavy atom. The SMILES string of the molecule is Cc1cc([C@@H]2[C@@H](c3ccccn3)NC(=S)N2c2ccc(NC(=O)COc3ccccc3)cc2)c(C)n1-c1cccc(Cl)c1. The van der Waals surface area contributed by atoms with Crippen LogP contribution in [0.3, 0.4) is 0 Å². The van der Waals surface area contributed by atoms with Gasteiger partial charge in [-0.25, -0.2) is 0 Å². The molecule has 1 aliphatic rings. The lowest BCUT2D eigenvalue weighted by Crippen LogP contribution is -2.29. The Morgan fingerprint density at radius 1 is 0.953 bits per heavy atom. The number of ether oxygens (including phenoxy) is 1. The number of rotatable bonds is 8. The number of anilines is 2. The van der Waals surface area contributed by atoms with E-state index in [1.54, 1.807) is 6.20 Å². The van der Waals surface area contributed by atoms with Gasteiger partial charge in [-0.3, -0.25) is 9.78 Å². The highest BCUT2D eigenvalue weighted by molar-refractivity contribution is 7.80. The quantitative estimate of drug-likeness (QED) is 0.180. The monoisotopic (exact) mass is 607 g/mol. The summed E-state index contributed by atoms with van der Waals surface area (Å²) in [4.78, 5) is 19.3. The lowest BCUT2D eigenvalue weighted by Gasteiger charge is -2.28. The number of para-hydroxylation sites is 1. The summed E-state index contributed by atoms with van der Waals surface area (Å²) in [6.07, 6.45) is 1.80. The summed E-state index contributed by atoms with van der Waals surface area (Å²) < 4.78 is 7.79. The van der Waals surface area contributed by atoms with Gasteiger partial charge < -0.3 is 24.8 Å². The second-order valence-electron chi connectivity index (χ2n) is 10.3. The average molecular weight is 608 g/mol. The van der Waals surface area contributed by atoms with Crippen LogP contribution in [0.2, 0.25) is 5.02 Å². The van der Waals surface area contributed by atoms with Crippen LogP contribution in [0.15, 0.2) is 109 Å². The third-order valence-electron chi connectivity index (χ3n) is 7.50. The Balaban J connectivity index is 1.31. The van der Waals surface area contributed by atoms with Gasteiger partial charge in [-0.05, 0) is 104 Å². The predicted molar refractivity (Wildman–Crippen MR) is 175 cm³/mol. The molecule has 0 saturated carbocycles. The van der Waals surface area contributed by atoms with Crippen molar-refractivity contribution in [2.24, 2.45) is 0 Å². The summed E-state index contributed by atoms with van der Waals surface area (Å²) in [7, 11) is 0. The van der Waals surface area contributed by atoms with E-state index in [4.69, 9.17) is 28.6 Å². The van der Waals surface area contributed by atoms with E-state index in [1.165, 1.54) is 0 Å². The third-order valence-corrected chi connectivity index (χ3v) is 8.05. The van der Waals surface area contributed by atoms with Crippen LogP contribution in [-0.4, -0.2) is 27.2 Å². The molecule has 216 valence electrons. The Hall–Kier alpha value is -4.66. The maximum atomic E-state index is 12.5. The summed E-state index contributed by atoms with van der Waals surface area (Å²) in [5, 5.41) is 7.72. The first-order valence-corrected chi connectivity index (χ1v) is 14.7. The molecule has 6 rings (SSSR count). The number of carbonyl (C=O) groups excluding carboxylic acids is 1. The first-order chi connectivity index (χ1) is 20.9. The van der Waals surface area contributed by atoms with E-state index in [0.717, 1.165) is 34.0 Å². The average Bonchev–Trinajstić information content (AvgIpc) is 3.52. The van der Waals surface area contributed by atoms with Crippen LogP contribution in [-0.2, 0) is 4.79 Å². The summed E-state index contributed by atoms with van der Waals surface area (Å²) in [6, 6.07) is 32.6. The summed E-state index contributed by atoms with van der Waals surface area (Å²) >= 11 is 12.3. The van der Waals surface area contributed by atoms with Gasteiger partial charge in [0.05, 0.1) is 17.8 Å². The molecule has 2 aromatic heterocycles. The van der Waals surface area contributed by atoms with Gasteiger partial charge in [-0.1, -0.05) is 41.9 Å². The molecule has 1 aliphatic heterocycles. The Kier molecular flexibility index (Phi) is 8.13. The topological polar surface area (TPSA) is 71.4 Å². The molecular formula is C34H30ClN5O2S. The lowest BCUT2D eigenvalue weighted by atomic mass is 9.96. The van der Waals surface area contributed by atoms with Crippen LogP contribution in [0, 0.1) is 13.8 Å². The highest BCUT2D eigenvalue weighted by Crippen LogP contribution is 2.44. The van der Waals surface area contributed by atoms with Crippen molar-refractivity contribution in [2.75, 3.05) is 16.8 Å². The fourth-order valence-corrected chi connectivity index (χ4v) is 6.15.